The molecule has 0 saturated carbocycles. The Morgan fingerprint density at radius 1 is 1.44 bits per heavy atom. The van der Waals surface area contributed by atoms with Gasteiger partial charge in [-0.3, -0.25) is 0 Å². The number of hydrogen-bond donors (Lipinski definition) is 0. The summed E-state index contributed by atoms with van der Waals surface area (Å²) >= 11 is 9.86. The second-order valence-corrected chi connectivity index (χ2v) is 5.74. The zero-order valence-electron chi connectivity index (χ0n) is 9.44. The van der Waals surface area contributed by atoms with Gasteiger partial charge in [-0.25, -0.2) is 0 Å². The minimum absolute atomic E-state index is 0.117. The lowest BCUT2D eigenvalue weighted by Crippen LogP contribution is -2.33. The van der Waals surface area contributed by atoms with Gasteiger partial charge in [0.05, 0.1) is 17.6 Å². The maximum absolute atomic E-state index is 10.6. The molecule has 2 nitrogen and oxygen atoms in total. The summed E-state index contributed by atoms with van der Waals surface area (Å²) in [7, 11) is 0. The molecule has 1 aliphatic rings. The zero-order chi connectivity index (χ0) is 12.0. The molecule has 0 saturated heterocycles. The predicted molar refractivity (Wildman–Crippen MR) is 70.4 cm³/mol. The Bertz CT molecular complexity index is 245. The van der Waals surface area contributed by atoms with Crippen LogP contribution in [0.2, 0.25) is 0 Å². The molecule has 0 fully saturated rings. The number of allylic oxidation sites excluding steroid dienone is 2. The number of hydrogen-bond acceptors (Lipinski definition) is 2. The van der Waals surface area contributed by atoms with Crippen LogP contribution < -0.4 is 0 Å². The summed E-state index contributed by atoms with van der Waals surface area (Å²) in [5.74, 6) is 0. The fraction of sp³-hybridized carbons (Fsp3) is 0.750. The van der Waals surface area contributed by atoms with Crippen molar-refractivity contribution < 1.29 is 9.53 Å². The molecule has 1 heterocycles. The van der Waals surface area contributed by atoms with E-state index in [4.69, 9.17) is 16.3 Å². The van der Waals surface area contributed by atoms with Crippen molar-refractivity contribution in [2.75, 3.05) is 0 Å². The molecule has 4 atom stereocenters. The van der Waals surface area contributed by atoms with Crippen LogP contribution in [-0.2, 0) is 9.53 Å². The third-order valence-electron chi connectivity index (χ3n) is 2.78. The zero-order valence-corrected chi connectivity index (χ0v) is 11.8. The average molecular weight is 310 g/mol. The standard InChI is InChI=1S/C12H18BrClO2/c1-2-11-9(13)5-3-4-6-10(14)12(16-11)7-8-15/h3-4,8-12H,2,5-7H2,1H3/b4-3+/t9-,10-,11-,12-/m0/s1. The van der Waals surface area contributed by atoms with Crippen molar-refractivity contribution in [3.63, 3.8) is 0 Å². The summed E-state index contributed by atoms with van der Waals surface area (Å²) in [6.45, 7) is 2.09. The number of rotatable bonds is 3. The van der Waals surface area contributed by atoms with Crippen molar-refractivity contribution in [3.05, 3.63) is 12.2 Å². The van der Waals surface area contributed by atoms with E-state index in [1.54, 1.807) is 0 Å². The van der Waals surface area contributed by atoms with E-state index in [1.807, 2.05) is 0 Å². The van der Waals surface area contributed by atoms with Crippen LogP contribution >= 0.6 is 27.5 Å². The molecule has 16 heavy (non-hydrogen) atoms. The minimum Gasteiger partial charge on any atom is -0.372 e. The summed E-state index contributed by atoms with van der Waals surface area (Å²) in [4.78, 5) is 10.9. The van der Waals surface area contributed by atoms with Crippen LogP contribution in [0.15, 0.2) is 12.2 Å². The Morgan fingerprint density at radius 2 is 2.12 bits per heavy atom. The van der Waals surface area contributed by atoms with E-state index in [2.05, 4.69) is 35.0 Å². The van der Waals surface area contributed by atoms with Crippen molar-refractivity contribution >= 4 is 33.8 Å². The van der Waals surface area contributed by atoms with Gasteiger partial charge in [0.1, 0.15) is 6.29 Å². The van der Waals surface area contributed by atoms with E-state index in [-0.39, 0.29) is 17.6 Å². The van der Waals surface area contributed by atoms with Gasteiger partial charge in [-0.15, -0.1) is 11.6 Å². The Kier molecular flexibility index (Phi) is 6.62. The number of carbonyl (C=O) groups excluding carboxylic acids is 1. The molecule has 4 heteroatoms. The van der Waals surface area contributed by atoms with E-state index in [0.29, 0.717) is 11.2 Å². The fourth-order valence-corrected chi connectivity index (χ4v) is 2.78. The number of alkyl halides is 2. The molecule has 0 spiro atoms. The van der Waals surface area contributed by atoms with Crippen molar-refractivity contribution in [2.45, 2.75) is 55.0 Å². The predicted octanol–water partition coefficient (Wildman–Crippen LogP) is 3.46. The molecular formula is C12H18BrClO2. The molecule has 0 bridgehead atoms. The maximum atomic E-state index is 10.6. The van der Waals surface area contributed by atoms with E-state index in [1.165, 1.54) is 0 Å². The third-order valence-corrected chi connectivity index (χ3v) is 4.20. The highest BCUT2D eigenvalue weighted by atomic mass is 79.9. The largest absolute Gasteiger partial charge is 0.372 e. The fourth-order valence-electron chi connectivity index (χ4n) is 1.80. The molecule has 0 radical (unpaired) electrons. The minimum atomic E-state index is -0.174. The summed E-state index contributed by atoms with van der Waals surface area (Å²) in [5.41, 5.74) is 0. The first-order valence-corrected chi connectivity index (χ1v) is 7.06. The molecule has 1 aliphatic heterocycles. The first-order chi connectivity index (χ1) is 7.69. The summed E-state index contributed by atoms with van der Waals surface area (Å²) < 4.78 is 5.94. The SMILES string of the molecule is CC[C@@H]1O[C@@H](CC=O)[C@@H](Cl)C/C=C/C[C@@H]1Br. The summed E-state index contributed by atoms with van der Waals surface area (Å²) in [6.07, 6.45) is 8.03. The van der Waals surface area contributed by atoms with Gasteiger partial charge in [-0.2, -0.15) is 0 Å². The number of halogens is 2. The first kappa shape index (κ1) is 14.2. The van der Waals surface area contributed by atoms with Gasteiger partial charge in [0.25, 0.3) is 0 Å². The van der Waals surface area contributed by atoms with E-state index < -0.39 is 0 Å². The molecule has 0 aromatic carbocycles. The number of aldehydes is 1. The van der Waals surface area contributed by atoms with E-state index in [0.717, 1.165) is 25.5 Å². The molecule has 0 N–H and O–H groups in total. The molecule has 0 aromatic rings. The molecule has 0 unspecified atom stereocenters. The highest BCUT2D eigenvalue weighted by Gasteiger charge is 2.26. The highest BCUT2D eigenvalue weighted by Crippen LogP contribution is 2.25. The lowest BCUT2D eigenvalue weighted by Gasteiger charge is -2.27. The van der Waals surface area contributed by atoms with Crippen LogP contribution in [0.25, 0.3) is 0 Å². The Balaban J connectivity index is 2.73. The van der Waals surface area contributed by atoms with Gasteiger partial charge in [0, 0.05) is 11.2 Å². The van der Waals surface area contributed by atoms with Crippen molar-refractivity contribution in [1.29, 1.82) is 0 Å². The van der Waals surface area contributed by atoms with Crippen molar-refractivity contribution in [2.24, 2.45) is 0 Å². The van der Waals surface area contributed by atoms with Crippen LogP contribution in [0.5, 0.6) is 0 Å². The number of carbonyl (C=O) groups is 1. The third kappa shape index (κ3) is 4.19. The normalized spacial score (nSPS) is 38.2. The Hall–Kier alpha value is 0.140. The number of ether oxygens (including phenoxy) is 1. The van der Waals surface area contributed by atoms with Gasteiger partial charge in [0.15, 0.2) is 0 Å². The van der Waals surface area contributed by atoms with Gasteiger partial charge in [0.2, 0.25) is 0 Å². The van der Waals surface area contributed by atoms with Crippen molar-refractivity contribution in [3.8, 4) is 0 Å². The van der Waals surface area contributed by atoms with Crippen molar-refractivity contribution in [1.82, 2.24) is 0 Å². The Labute approximate surface area is 111 Å². The lowest BCUT2D eigenvalue weighted by molar-refractivity contribution is -0.111. The van der Waals surface area contributed by atoms with Crippen LogP contribution in [0.4, 0.5) is 0 Å². The van der Waals surface area contributed by atoms with Crippen LogP contribution in [0.1, 0.15) is 32.6 Å². The molecule has 0 amide bonds. The van der Waals surface area contributed by atoms with Crippen LogP contribution in [0.3, 0.4) is 0 Å². The molecule has 0 aromatic heterocycles. The quantitative estimate of drug-likeness (QED) is 0.453. The molecular weight excluding hydrogens is 291 g/mol. The topological polar surface area (TPSA) is 26.3 Å². The first-order valence-electron chi connectivity index (χ1n) is 5.71. The second-order valence-electron chi connectivity index (χ2n) is 4.00. The Morgan fingerprint density at radius 3 is 2.75 bits per heavy atom. The van der Waals surface area contributed by atoms with Crippen LogP contribution in [0, 0.1) is 0 Å². The highest BCUT2D eigenvalue weighted by molar-refractivity contribution is 9.09. The van der Waals surface area contributed by atoms with Gasteiger partial charge in [-0.05, 0) is 19.3 Å². The molecule has 0 aliphatic carbocycles. The second kappa shape index (κ2) is 7.46. The van der Waals surface area contributed by atoms with Gasteiger partial charge in [-0.1, -0.05) is 35.0 Å². The smallest absolute Gasteiger partial charge is 0.122 e. The maximum Gasteiger partial charge on any atom is 0.122 e. The van der Waals surface area contributed by atoms with Gasteiger partial charge < -0.3 is 9.53 Å². The molecule has 1 rings (SSSR count). The molecule has 92 valence electrons. The van der Waals surface area contributed by atoms with E-state index >= 15 is 0 Å². The average Bonchev–Trinajstić information content (AvgIpc) is 2.34. The summed E-state index contributed by atoms with van der Waals surface area (Å²) in [6, 6.07) is 0. The lowest BCUT2D eigenvalue weighted by atomic mass is 10.1. The summed E-state index contributed by atoms with van der Waals surface area (Å²) in [5, 5.41) is -0.117. The van der Waals surface area contributed by atoms with Gasteiger partial charge >= 0.3 is 0 Å². The van der Waals surface area contributed by atoms with E-state index in [9.17, 15) is 4.79 Å². The van der Waals surface area contributed by atoms with Crippen LogP contribution in [-0.4, -0.2) is 28.7 Å². The monoisotopic (exact) mass is 308 g/mol.